The van der Waals surface area contributed by atoms with Crippen LogP contribution < -0.4 is 0 Å². The van der Waals surface area contributed by atoms with Gasteiger partial charge in [-0.1, -0.05) is 54.7 Å². The van der Waals surface area contributed by atoms with E-state index in [0.29, 0.717) is 5.25 Å². The Morgan fingerprint density at radius 3 is 2.05 bits per heavy atom. The predicted molar refractivity (Wildman–Crippen MR) is 100 cm³/mol. The normalized spacial score (nSPS) is 42.3. The zero-order chi connectivity index (χ0) is 14.0. The molecule has 0 aromatic carbocycles. The Morgan fingerprint density at radius 2 is 1.40 bits per heavy atom. The van der Waals surface area contributed by atoms with Crippen molar-refractivity contribution in [3.63, 3.8) is 0 Å². The van der Waals surface area contributed by atoms with Crippen LogP contribution in [0, 0.1) is 17.3 Å². The molecular weight excluding hydrogens is 375 g/mol. The molecule has 116 valence electrons. The van der Waals surface area contributed by atoms with Gasteiger partial charge in [0.15, 0.2) is 0 Å². The predicted octanol–water partition coefficient (Wildman–Crippen LogP) is 6.42. The van der Waals surface area contributed by atoms with E-state index in [2.05, 4.69) is 22.6 Å². The molecular formula is C18H31IS. The van der Waals surface area contributed by atoms with Gasteiger partial charge in [-0.2, -0.15) is 12.6 Å². The van der Waals surface area contributed by atoms with E-state index in [0.717, 1.165) is 21.2 Å². The Hall–Kier alpha value is 1.08. The quantitative estimate of drug-likeness (QED) is 0.305. The highest BCUT2D eigenvalue weighted by atomic mass is 127. The van der Waals surface area contributed by atoms with Gasteiger partial charge in [-0.15, -0.1) is 0 Å². The van der Waals surface area contributed by atoms with Crippen LogP contribution in [0.3, 0.4) is 0 Å². The van der Waals surface area contributed by atoms with Crippen LogP contribution in [0.1, 0.15) is 83.5 Å². The van der Waals surface area contributed by atoms with Crippen LogP contribution >= 0.6 is 35.2 Å². The Balaban J connectivity index is 1.79. The number of hydrogen-bond donors (Lipinski definition) is 1. The van der Waals surface area contributed by atoms with E-state index in [4.69, 9.17) is 12.6 Å². The molecule has 0 radical (unpaired) electrons. The van der Waals surface area contributed by atoms with Crippen LogP contribution in [-0.2, 0) is 0 Å². The van der Waals surface area contributed by atoms with Crippen LogP contribution in [0.2, 0.25) is 0 Å². The van der Waals surface area contributed by atoms with Crippen LogP contribution in [0.4, 0.5) is 0 Å². The van der Waals surface area contributed by atoms with E-state index in [1.165, 1.54) is 70.6 Å². The summed E-state index contributed by atoms with van der Waals surface area (Å²) >= 11 is 7.59. The van der Waals surface area contributed by atoms with Gasteiger partial charge in [-0.05, 0) is 68.6 Å². The van der Waals surface area contributed by atoms with E-state index in [-0.39, 0.29) is 0 Å². The minimum atomic E-state index is 0.701. The fourth-order valence-electron chi connectivity index (χ4n) is 5.70. The second-order valence-electron chi connectivity index (χ2n) is 7.77. The molecule has 0 saturated heterocycles. The molecule has 0 nitrogen and oxygen atoms in total. The van der Waals surface area contributed by atoms with E-state index in [1.54, 1.807) is 12.8 Å². The van der Waals surface area contributed by atoms with E-state index < -0.39 is 0 Å². The van der Waals surface area contributed by atoms with Crippen molar-refractivity contribution in [2.75, 3.05) is 0 Å². The summed E-state index contributed by atoms with van der Waals surface area (Å²) in [4.78, 5) is 0. The summed E-state index contributed by atoms with van der Waals surface area (Å²) in [6.45, 7) is 0. The molecule has 0 heterocycles. The van der Waals surface area contributed by atoms with Crippen molar-refractivity contribution in [1.29, 1.82) is 0 Å². The molecule has 0 amide bonds. The topological polar surface area (TPSA) is 0 Å². The average Bonchev–Trinajstić information content (AvgIpc) is 2.48. The van der Waals surface area contributed by atoms with Crippen LogP contribution in [-0.4, -0.2) is 9.17 Å². The maximum Gasteiger partial charge on any atom is 0.0112 e. The first kappa shape index (κ1) is 16.0. The fourth-order valence-corrected chi connectivity index (χ4v) is 7.19. The maximum atomic E-state index is 4.86. The minimum absolute atomic E-state index is 0.701. The van der Waals surface area contributed by atoms with Gasteiger partial charge in [0.1, 0.15) is 0 Å². The molecule has 2 heteroatoms. The van der Waals surface area contributed by atoms with Gasteiger partial charge in [0.05, 0.1) is 0 Å². The molecule has 0 aliphatic heterocycles. The number of thiol groups is 1. The van der Waals surface area contributed by atoms with Crippen molar-refractivity contribution in [3.8, 4) is 0 Å². The van der Waals surface area contributed by atoms with Crippen molar-refractivity contribution in [1.82, 2.24) is 0 Å². The zero-order valence-corrected chi connectivity index (χ0v) is 15.9. The third-order valence-electron chi connectivity index (χ3n) is 6.67. The lowest BCUT2D eigenvalue weighted by Crippen LogP contribution is -2.44. The summed E-state index contributed by atoms with van der Waals surface area (Å²) in [5, 5.41) is 0.701. The lowest BCUT2D eigenvalue weighted by Gasteiger charge is -2.53. The lowest BCUT2D eigenvalue weighted by atomic mass is 9.53. The summed E-state index contributed by atoms with van der Waals surface area (Å²) < 4.78 is 0.959. The average molecular weight is 406 g/mol. The molecule has 20 heavy (non-hydrogen) atoms. The second-order valence-corrected chi connectivity index (χ2v) is 10.3. The van der Waals surface area contributed by atoms with Crippen LogP contribution in [0.5, 0.6) is 0 Å². The summed E-state index contributed by atoms with van der Waals surface area (Å²) in [5.74, 6) is 2.05. The van der Waals surface area contributed by atoms with Crippen LogP contribution in [0.15, 0.2) is 0 Å². The first-order valence-corrected chi connectivity index (χ1v) is 10.8. The highest BCUT2D eigenvalue weighted by molar-refractivity contribution is 14.1. The summed E-state index contributed by atoms with van der Waals surface area (Å²) in [6, 6.07) is 0. The van der Waals surface area contributed by atoms with Crippen molar-refractivity contribution in [3.05, 3.63) is 0 Å². The molecule has 3 aliphatic carbocycles. The Morgan fingerprint density at radius 1 is 0.750 bits per heavy atom. The molecule has 3 fully saturated rings. The smallest absolute Gasteiger partial charge is 0.0112 e. The van der Waals surface area contributed by atoms with Crippen LogP contribution in [0.25, 0.3) is 0 Å². The third kappa shape index (κ3) is 3.36. The van der Waals surface area contributed by atoms with E-state index >= 15 is 0 Å². The van der Waals surface area contributed by atoms with Gasteiger partial charge in [-0.25, -0.2) is 0 Å². The highest BCUT2D eigenvalue weighted by Crippen LogP contribution is 2.57. The second kappa shape index (κ2) is 7.10. The molecule has 0 bridgehead atoms. The third-order valence-corrected chi connectivity index (χ3v) is 8.27. The largest absolute Gasteiger partial charge is 0.176 e. The molecule has 3 saturated carbocycles. The van der Waals surface area contributed by atoms with E-state index in [9.17, 15) is 0 Å². The number of hydrogen-bond acceptors (Lipinski definition) is 1. The minimum Gasteiger partial charge on any atom is -0.176 e. The molecule has 0 aromatic heterocycles. The lowest BCUT2D eigenvalue weighted by molar-refractivity contribution is -0.00956. The molecule has 0 aromatic rings. The van der Waals surface area contributed by atoms with Gasteiger partial charge in [-0.3, -0.25) is 0 Å². The first-order valence-electron chi connectivity index (χ1n) is 9.03. The van der Waals surface area contributed by atoms with Gasteiger partial charge in [0, 0.05) is 9.17 Å². The van der Waals surface area contributed by atoms with Crippen molar-refractivity contribution in [2.45, 2.75) is 92.6 Å². The summed E-state index contributed by atoms with van der Waals surface area (Å²) in [6.07, 6.45) is 19.4. The van der Waals surface area contributed by atoms with Crippen molar-refractivity contribution < 1.29 is 0 Å². The Bertz CT molecular complexity index is 287. The van der Waals surface area contributed by atoms with Gasteiger partial charge in [0.2, 0.25) is 0 Å². The van der Waals surface area contributed by atoms with Crippen molar-refractivity contribution in [2.24, 2.45) is 17.3 Å². The Kier molecular flexibility index (Phi) is 5.67. The molecule has 3 aliphatic rings. The van der Waals surface area contributed by atoms with Crippen molar-refractivity contribution >= 4 is 35.2 Å². The summed E-state index contributed by atoms with van der Waals surface area (Å²) in [5.41, 5.74) is 0.726. The number of rotatable bonds is 2. The van der Waals surface area contributed by atoms with Gasteiger partial charge in [0.25, 0.3) is 0 Å². The zero-order valence-electron chi connectivity index (χ0n) is 12.8. The van der Waals surface area contributed by atoms with Gasteiger partial charge >= 0.3 is 0 Å². The van der Waals surface area contributed by atoms with E-state index in [1.807, 2.05) is 0 Å². The standard InChI is InChI=1S/C18H31IS/c19-16-8-4-6-14(12-16)18(10-2-1-3-11-18)15-7-5-9-17(20)13-15/h14-17,20H,1-13H2. The SMILES string of the molecule is SC1CCCC(C2(C3CCCC(I)C3)CCCCC2)C1. The molecule has 3 rings (SSSR count). The molecule has 0 N–H and O–H groups in total. The summed E-state index contributed by atoms with van der Waals surface area (Å²) in [7, 11) is 0. The monoisotopic (exact) mass is 406 g/mol. The van der Waals surface area contributed by atoms with Gasteiger partial charge < -0.3 is 0 Å². The molecule has 4 atom stereocenters. The highest BCUT2D eigenvalue weighted by Gasteiger charge is 2.47. The number of alkyl halides is 1. The Labute approximate surface area is 144 Å². The fraction of sp³-hybridized carbons (Fsp3) is 1.00. The molecule has 4 unspecified atom stereocenters. The molecule has 0 spiro atoms. The number of halogens is 1. The maximum absolute atomic E-state index is 4.86. The first-order chi connectivity index (χ1) is 9.71.